The van der Waals surface area contributed by atoms with Crippen LogP contribution in [0.5, 0.6) is 0 Å². The van der Waals surface area contributed by atoms with Crippen molar-refractivity contribution in [1.29, 1.82) is 0 Å². The first-order valence-electron chi connectivity index (χ1n) is 10.1. The van der Waals surface area contributed by atoms with Gasteiger partial charge in [-0.05, 0) is 54.6 Å². The van der Waals surface area contributed by atoms with Crippen molar-refractivity contribution in [1.82, 2.24) is 4.57 Å². The third-order valence-corrected chi connectivity index (χ3v) is 6.90. The molecule has 0 spiro atoms. The second-order valence-corrected chi connectivity index (χ2v) is 9.18. The minimum Gasteiger partial charge on any atom is -0.458 e. The van der Waals surface area contributed by atoms with Crippen LogP contribution in [0.25, 0.3) is 6.08 Å². The maximum absolute atomic E-state index is 13.5. The zero-order chi connectivity index (χ0) is 23.5. The largest absolute Gasteiger partial charge is 0.458 e. The topological polar surface area (TPSA) is 60.7 Å². The van der Waals surface area contributed by atoms with Crippen LogP contribution in [-0.4, -0.2) is 23.4 Å². The maximum atomic E-state index is 13.5. The molecule has 0 bridgehead atoms. The van der Waals surface area contributed by atoms with E-state index in [1.165, 1.54) is 34.1 Å². The van der Waals surface area contributed by atoms with E-state index in [0.717, 1.165) is 10.5 Å². The van der Waals surface area contributed by atoms with Gasteiger partial charge in [-0.2, -0.15) is 0 Å². The summed E-state index contributed by atoms with van der Waals surface area (Å²) in [7, 11) is 0. The van der Waals surface area contributed by atoms with E-state index in [9.17, 15) is 14.0 Å². The van der Waals surface area contributed by atoms with E-state index in [0.29, 0.717) is 26.2 Å². The Hall–Kier alpha value is -3.23. The molecule has 4 rings (SSSR count). The fraction of sp³-hybridized carbons (Fsp3) is 0.160. The first kappa shape index (κ1) is 22.9. The predicted octanol–water partition coefficient (Wildman–Crippen LogP) is 3.83. The maximum Gasteiger partial charge on any atom is 0.338 e. The van der Waals surface area contributed by atoms with Gasteiger partial charge in [-0.25, -0.2) is 14.2 Å². The summed E-state index contributed by atoms with van der Waals surface area (Å²) in [4.78, 5) is 32.6. The molecule has 8 heteroatoms. The number of ether oxygens (including phenoxy) is 1. The number of hydrogen-bond acceptors (Lipinski definition) is 6. The van der Waals surface area contributed by atoms with Crippen molar-refractivity contribution in [2.45, 2.75) is 17.9 Å². The number of benzene rings is 2. The zero-order valence-electron chi connectivity index (χ0n) is 18.1. The Morgan fingerprint density at radius 3 is 2.58 bits per heavy atom. The Balaban J connectivity index is 1.91. The van der Waals surface area contributed by atoms with E-state index in [1.54, 1.807) is 36.9 Å². The molecule has 33 heavy (non-hydrogen) atoms. The average molecular weight is 481 g/mol. The van der Waals surface area contributed by atoms with Crippen LogP contribution in [0.3, 0.4) is 0 Å². The molecule has 2 heterocycles. The van der Waals surface area contributed by atoms with E-state index >= 15 is 0 Å². The van der Waals surface area contributed by atoms with Crippen molar-refractivity contribution in [2.24, 2.45) is 4.99 Å². The minimum absolute atomic E-state index is 0.0583. The normalized spacial score (nSPS) is 15.7. The summed E-state index contributed by atoms with van der Waals surface area (Å²) < 4.78 is 20.6. The molecule has 1 atom stereocenters. The standard InChI is InChI=1S/C25H21FN2O3S2/c1-4-13-31-24(30)21-15(2)27-25-28(22(21)17-7-11-19(32-3)12-8-17)23(29)20(33-25)14-16-5-9-18(26)10-6-16/h4-12,14,22H,1,13H2,2-3H3. The quantitative estimate of drug-likeness (QED) is 0.306. The van der Waals surface area contributed by atoms with Crippen LogP contribution in [0.15, 0.2) is 87.1 Å². The molecule has 0 amide bonds. The highest BCUT2D eigenvalue weighted by molar-refractivity contribution is 7.98. The average Bonchev–Trinajstić information content (AvgIpc) is 3.12. The van der Waals surface area contributed by atoms with Crippen LogP contribution >= 0.6 is 23.1 Å². The lowest BCUT2D eigenvalue weighted by Crippen LogP contribution is -2.39. The Kier molecular flexibility index (Phi) is 6.76. The summed E-state index contributed by atoms with van der Waals surface area (Å²) in [6.07, 6.45) is 5.18. The fourth-order valence-electron chi connectivity index (χ4n) is 3.61. The molecule has 3 aromatic rings. The predicted molar refractivity (Wildman–Crippen MR) is 130 cm³/mol. The van der Waals surface area contributed by atoms with Gasteiger partial charge in [0, 0.05) is 4.90 Å². The number of aromatic nitrogens is 1. The molecule has 1 aliphatic rings. The lowest BCUT2D eigenvalue weighted by atomic mass is 9.96. The van der Waals surface area contributed by atoms with Crippen molar-refractivity contribution in [3.05, 3.63) is 109 Å². The number of carbonyl (C=O) groups is 1. The molecule has 1 aliphatic heterocycles. The van der Waals surface area contributed by atoms with Crippen molar-refractivity contribution in [2.75, 3.05) is 12.9 Å². The summed E-state index contributed by atoms with van der Waals surface area (Å²) in [6, 6.07) is 13.0. The minimum atomic E-state index is -0.676. The summed E-state index contributed by atoms with van der Waals surface area (Å²) >= 11 is 2.84. The number of thioether (sulfide) groups is 1. The highest BCUT2D eigenvalue weighted by Gasteiger charge is 2.33. The number of carbonyl (C=O) groups excluding carboxylic acids is 1. The van der Waals surface area contributed by atoms with Gasteiger partial charge >= 0.3 is 5.97 Å². The molecule has 0 radical (unpaired) electrons. The number of halogens is 1. The first-order chi connectivity index (χ1) is 15.9. The fourth-order valence-corrected chi connectivity index (χ4v) is 5.06. The van der Waals surface area contributed by atoms with Gasteiger partial charge in [0.15, 0.2) is 4.80 Å². The number of rotatable bonds is 6. The summed E-state index contributed by atoms with van der Waals surface area (Å²) in [5, 5.41) is 0. The molecule has 0 saturated heterocycles. The molecule has 0 aliphatic carbocycles. The Labute approximate surface area is 198 Å². The van der Waals surface area contributed by atoms with Crippen LogP contribution in [0, 0.1) is 5.82 Å². The zero-order valence-corrected chi connectivity index (χ0v) is 19.7. The third kappa shape index (κ3) is 4.62. The second kappa shape index (κ2) is 9.72. The van der Waals surface area contributed by atoms with Crippen LogP contribution in [0.1, 0.15) is 24.1 Å². The molecule has 1 aromatic heterocycles. The molecular weight excluding hydrogens is 459 g/mol. The second-order valence-electron chi connectivity index (χ2n) is 7.29. The van der Waals surface area contributed by atoms with E-state index < -0.39 is 12.0 Å². The number of esters is 1. The highest BCUT2D eigenvalue weighted by atomic mass is 32.2. The van der Waals surface area contributed by atoms with Crippen molar-refractivity contribution < 1.29 is 13.9 Å². The third-order valence-electron chi connectivity index (χ3n) is 5.17. The van der Waals surface area contributed by atoms with Gasteiger partial charge in [0.05, 0.1) is 21.8 Å². The number of hydrogen-bond donors (Lipinski definition) is 0. The lowest BCUT2D eigenvalue weighted by Gasteiger charge is -2.24. The van der Waals surface area contributed by atoms with Gasteiger partial charge in [0.1, 0.15) is 12.4 Å². The highest BCUT2D eigenvalue weighted by Crippen LogP contribution is 2.31. The number of nitrogens with zero attached hydrogens (tertiary/aromatic N) is 2. The van der Waals surface area contributed by atoms with E-state index in [-0.39, 0.29) is 18.0 Å². The Morgan fingerprint density at radius 2 is 1.94 bits per heavy atom. The summed E-state index contributed by atoms with van der Waals surface area (Å²) in [5.41, 5.74) is 2.02. The number of allylic oxidation sites excluding steroid dienone is 1. The van der Waals surface area contributed by atoms with Gasteiger partial charge in [-0.1, -0.05) is 48.3 Å². The SMILES string of the molecule is C=CCOC(=O)C1=C(C)N=c2sc(=Cc3ccc(F)cc3)c(=O)n2C1c1ccc(SC)cc1. The molecule has 1 unspecified atom stereocenters. The summed E-state index contributed by atoms with van der Waals surface area (Å²) in [5.74, 6) is -0.886. The monoisotopic (exact) mass is 480 g/mol. The molecule has 5 nitrogen and oxygen atoms in total. The van der Waals surface area contributed by atoms with Gasteiger partial charge in [0.2, 0.25) is 0 Å². The van der Waals surface area contributed by atoms with Gasteiger partial charge in [0.25, 0.3) is 5.56 Å². The van der Waals surface area contributed by atoms with Crippen molar-refractivity contribution >= 4 is 35.1 Å². The molecule has 0 N–H and O–H groups in total. The smallest absolute Gasteiger partial charge is 0.338 e. The van der Waals surface area contributed by atoms with Crippen LogP contribution in [-0.2, 0) is 9.53 Å². The summed E-state index contributed by atoms with van der Waals surface area (Å²) in [6.45, 7) is 5.39. The van der Waals surface area contributed by atoms with Crippen molar-refractivity contribution in [3.8, 4) is 0 Å². The van der Waals surface area contributed by atoms with Crippen LogP contribution < -0.4 is 14.9 Å². The Morgan fingerprint density at radius 1 is 1.24 bits per heavy atom. The van der Waals surface area contributed by atoms with Crippen LogP contribution in [0.4, 0.5) is 4.39 Å². The molecule has 168 valence electrons. The van der Waals surface area contributed by atoms with E-state index in [1.807, 2.05) is 30.5 Å². The van der Waals surface area contributed by atoms with E-state index in [4.69, 9.17) is 4.74 Å². The van der Waals surface area contributed by atoms with E-state index in [2.05, 4.69) is 11.6 Å². The van der Waals surface area contributed by atoms with Crippen molar-refractivity contribution in [3.63, 3.8) is 0 Å². The molecule has 2 aromatic carbocycles. The molecule has 0 saturated carbocycles. The van der Waals surface area contributed by atoms with Crippen LogP contribution in [0.2, 0.25) is 0 Å². The lowest BCUT2D eigenvalue weighted by molar-refractivity contribution is -0.138. The van der Waals surface area contributed by atoms with Gasteiger partial charge < -0.3 is 4.74 Å². The Bertz CT molecular complexity index is 1420. The van der Waals surface area contributed by atoms with Gasteiger partial charge in [-0.3, -0.25) is 9.36 Å². The first-order valence-corrected chi connectivity index (χ1v) is 12.2. The molecule has 0 fully saturated rings. The molecular formula is C25H21FN2O3S2. The number of fused-ring (bicyclic) bond motifs is 1. The van der Waals surface area contributed by atoms with Gasteiger partial charge in [-0.15, -0.1) is 11.8 Å². The number of thiazole rings is 1.